The topological polar surface area (TPSA) is 65.5 Å². The summed E-state index contributed by atoms with van der Waals surface area (Å²) >= 11 is 5.98. The SMILES string of the molecule is O=C(Nc1cccc(O)c1)C1CCN(c2ncc(C(F)(F)F)cc2Cl)CC1. The number of nitrogens with one attached hydrogen (secondary N) is 1. The third-order valence-corrected chi connectivity index (χ3v) is 4.71. The molecule has 5 nitrogen and oxygen atoms in total. The van der Waals surface area contributed by atoms with Crippen LogP contribution in [0.3, 0.4) is 0 Å². The molecule has 1 aromatic heterocycles. The van der Waals surface area contributed by atoms with E-state index >= 15 is 0 Å². The van der Waals surface area contributed by atoms with Crippen LogP contribution in [0.5, 0.6) is 5.75 Å². The molecule has 1 saturated heterocycles. The summed E-state index contributed by atoms with van der Waals surface area (Å²) in [5.74, 6) is -0.0503. The number of hydrogen-bond donors (Lipinski definition) is 2. The number of pyridine rings is 1. The summed E-state index contributed by atoms with van der Waals surface area (Å²) in [4.78, 5) is 18.0. The first-order chi connectivity index (χ1) is 12.7. The molecular formula is C18H17ClF3N3O2. The number of alkyl halides is 3. The van der Waals surface area contributed by atoms with Gasteiger partial charge in [0.2, 0.25) is 5.91 Å². The van der Waals surface area contributed by atoms with Gasteiger partial charge >= 0.3 is 6.18 Å². The predicted octanol–water partition coefficient (Wildman–Crippen LogP) is 4.31. The molecule has 2 heterocycles. The molecule has 3 rings (SSSR count). The monoisotopic (exact) mass is 399 g/mol. The summed E-state index contributed by atoms with van der Waals surface area (Å²) in [7, 11) is 0. The maximum atomic E-state index is 12.7. The van der Waals surface area contributed by atoms with Crippen molar-refractivity contribution < 1.29 is 23.1 Å². The van der Waals surface area contributed by atoms with Crippen LogP contribution in [0.15, 0.2) is 36.5 Å². The molecule has 27 heavy (non-hydrogen) atoms. The molecule has 1 amide bonds. The summed E-state index contributed by atoms with van der Waals surface area (Å²) in [6.45, 7) is 0.909. The van der Waals surface area contributed by atoms with Gasteiger partial charge in [0.15, 0.2) is 0 Å². The number of aromatic nitrogens is 1. The second kappa shape index (κ2) is 7.64. The van der Waals surface area contributed by atoms with Gasteiger partial charge in [0.1, 0.15) is 11.6 Å². The standard InChI is InChI=1S/C18H17ClF3N3O2/c19-15-8-12(18(20,21)22)10-23-16(15)25-6-4-11(5-7-25)17(27)24-13-2-1-3-14(26)9-13/h1-3,8-11,26H,4-7H2,(H,24,27). The van der Waals surface area contributed by atoms with Crippen LogP contribution in [0.1, 0.15) is 18.4 Å². The van der Waals surface area contributed by atoms with Crippen molar-refractivity contribution in [2.45, 2.75) is 19.0 Å². The lowest BCUT2D eigenvalue weighted by atomic mass is 9.95. The predicted molar refractivity (Wildman–Crippen MR) is 95.9 cm³/mol. The number of halogens is 4. The number of rotatable bonds is 3. The van der Waals surface area contributed by atoms with Gasteiger partial charge in [0.25, 0.3) is 0 Å². The van der Waals surface area contributed by atoms with E-state index < -0.39 is 11.7 Å². The number of aromatic hydroxyl groups is 1. The highest BCUT2D eigenvalue weighted by Crippen LogP contribution is 2.34. The van der Waals surface area contributed by atoms with Gasteiger partial charge in [-0.05, 0) is 31.0 Å². The zero-order valence-electron chi connectivity index (χ0n) is 14.1. The van der Waals surface area contributed by atoms with E-state index in [1.807, 2.05) is 0 Å². The summed E-state index contributed by atoms with van der Waals surface area (Å²) < 4.78 is 38.1. The highest BCUT2D eigenvalue weighted by molar-refractivity contribution is 6.33. The number of phenols is 1. The minimum absolute atomic E-state index is 0.0608. The minimum atomic E-state index is -4.49. The van der Waals surface area contributed by atoms with Gasteiger partial charge in [-0.3, -0.25) is 4.79 Å². The van der Waals surface area contributed by atoms with Crippen molar-refractivity contribution in [1.82, 2.24) is 4.98 Å². The average molecular weight is 400 g/mol. The fourth-order valence-corrected chi connectivity index (χ4v) is 3.29. The molecule has 0 aliphatic carbocycles. The van der Waals surface area contributed by atoms with Crippen molar-refractivity contribution in [2.75, 3.05) is 23.3 Å². The van der Waals surface area contributed by atoms with E-state index in [0.717, 1.165) is 12.3 Å². The molecule has 2 N–H and O–H groups in total. The Balaban J connectivity index is 1.61. The molecule has 1 aromatic carbocycles. The van der Waals surface area contributed by atoms with Gasteiger partial charge in [-0.15, -0.1) is 0 Å². The molecule has 0 spiro atoms. The van der Waals surface area contributed by atoms with Gasteiger partial charge in [-0.25, -0.2) is 4.98 Å². The minimum Gasteiger partial charge on any atom is -0.508 e. The quantitative estimate of drug-likeness (QED) is 0.807. The van der Waals surface area contributed by atoms with Crippen LogP contribution in [-0.2, 0) is 11.0 Å². The number of hydrogen-bond acceptors (Lipinski definition) is 4. The molecule has 1 aliphatic rings. The number of carbonyl (C=O) groups excluding carboxylic acids is 1. The van der Waals surface area contributed by atoms with Crippen LogP contribution < -0.4 is 10.2 Å². The van der Waals surface area contributed by atoms with Gasteiger partial charge in [0, 0.05) is 37.0 Å². The van der Waals surface area contributed by atoms with Crippen LogP contribution >= 0.6 is 11.6 Å². The van der Waals surface area contributed by atoms with Crippen molar-refractivity contribution in [3.63, 3.8) is 0 Å². The Morgan fingerprint density at radius 2 is 1.96 bits per heavy atom. The maximum Gasteiger partial charge on any atom is 0.417 e. The Bertz CT molecular complexity index is 837. The summed E-state index contributed by atoms with van der Waals surface area (Å²) in [6.07, 6.45) is -2.69. The van der Waals surface area contributed by atoms with Crippen LogP contribution in [-0.4, -0.2) is 29.1 Å². The highest BCUT2D eigenvalue weighted by atomic mass is 35.5. The van der Waals surface area contributed by atoms with Crippen molar-refractivity contribution in [3.8, 4) is 5.75 Å². The smallest absolute Gasteiger partial charge is 0.417 e. The summed E-state index contributed by atoms with van der Waals surface area (Å²) in [5.41, 5.74) is -0.383. The first-order valence-electron chi connectivity index (χ1n) is 8.31. The Morgan fingerprint density at radius 1 is 1.26 bits per heavy atom. The average Bonchev–Trinajstić information content (AvgIpc) is 2.61. The Morgan fingerprint density at radius 3 is 2.56 bits per heavy atom. The second-order valence-electron chi connectivity index (χ2n) is 6.33. The molecule has 0 bridgehead atoms. The van der Waals surface area contributed by atoms with Gasteiger partial charge in [-0.1, -0.05) is 17.7 Å². The van der Waals surface area contributed by atoms with E-state index in [1.54, 1.807) is 17.0 Å². The molecular weight excluding hydrogens is 383 g/mol. The van der Waals surface area contributed by atoms with Crippen LogP contribution in [0, 0.1) is 5.92 Å². The number of benzene rings is 1. The van der Waals surface area contributed by atoms with Gasteiger partial charge in [0.05, 0.1) is 10.6 Å². The number of carbonyl (C=O) groups is 1. The lowest BCUT2D eigenvalue weighted by molar-refractivity contribution is -0.137. The summed E-state index contributed by atoms with van der Waals surface area (Å²) in [6, 6.07) is 7.14. The first kappa shape index (κ1) is 19.3. The molecule has 1 aliphatic heterocycles. The van der Waals surface area contributed by atoms with E-state index in [2.05, 4.69) is 10.3 Å². The molecule has 0 atom stereocenters. The zero-order chi connectivity index (χ0) is 19.6. The maximum absolute atomic E-state index is 12.7. The number of piperidine rings is 1. The molecule has 144 valence electrons. The second-order valence-corrected chi connectivity index (χ2v) is 6.74. The molecule has 0 unspecified atom stereocenters. The van der Waals surface area contributed by atoms with E-state index in [1.165, 1.54) is 12.1 Å². The third-order valence-electron chi connectivity index (χ3n) is 4.43. The number of anilines is 2. The molecule has 0 saturated carbocycles. The summed E-state index contributed by atoms with van der Waals surface area (Å²) in [5, 5.41) is 12.1. The van der Waals surface area contributed by atoms with Crippen molar-refractivity contribution in [2.24, 2.45) is 5.92 Å². The number of phenolic OH excluding ortho intramolecular Hbond substituents is 1. The normalized spacial score (nSPS) is 15.6. The first-order valence-corrected chi connectivity index (χ1v) is 8.69. The van der Waals surface area contributed by atoms with Crippen LogP contribution in [0.4, 0.5) is 24.7 Å². The van der Waals surface area contributed by atoms with E-state index in [9.17, 15) is 23.1 Å². The molecule has 9 heteroatoms. The highest BCUT2D eigenvalue weighted by Gasteiger charge is 2.33. The van der Waals surface area contributed by atoms with Crippen molar-refractivity contribution >= 4 is 29.0 Å². The van der Waals surface area contributed by atoms with E-state index in [0.29, 0.717) is 31.6 Å². The Kier molecular flexibility index (Phi) is 5.46. The van der Waals surface area contributed by atoms with Crippen molar-refractivity contribution in [1.29, 1.82) is 0 Å². The fourth-order valence-electron chi connectivity index (χ4n) is 3.00. The van der Waals surface area contributed by atoms with Crippen molar-refractivity contribution in [3.05, 3.63) is 47.1 Å². The lowest BCUT2D eigenvalue weighted by Crippen LogP contribution is -2.38. The number of amides is 1. The van der Waals surface area contributed by atoms with Gasteiger partial charge in [-0.2, -0.15) is 13.2 Å². The van der Waals surface area contributed by atoms with E-state index in [4.69, 9.17) is 11.6 Å². The Labute approximate surface area is 158 Å². The molecule has 2 aromatic rings. The fraction of sp³-hybridized carbons (Fsp3) is 0.333. The van der Waals surface area contributed by atoms with Gasteiger partial charge < -0.3 is 15.3 Å². The molecule has 0 radical (unpaired) electrons. The zero-order valence-corrected chi connectivity index (χ0v) is 14.9. The lowest BCUT2D eigenvalue weighted by Gasteiger charge is -2.32. The van der Waals surface area contributed by atoms with E-state index in [-0.39, 0.29) is 28.4 Å². The molecule has 1 fully saturated rings. The third kappa shape index (κ3) is 4.63. The Hall–Kier alpha value is -2.48. The van der Waals surface area contributed by atoms with Crippen LogP contribution in [0.2, 0.25) is 5.02 Å². The largest absolute Gasteiger partial charge is 0.508 e. The number of nitrogens with zero attached hydrogens (tertiary/aromatic N) is 2. The van der Waals surface area contributed by atoms with Crippen LogP contribution in [0.25, 0.3) is 0 Å².